The summed E-state index contributed by atoms with van der Waals surface area (Å²) < 4.78 is 0. The maximum atomic E-state index is 12.9. The summed E-state index contributed by atoms with van der Waals surface area (Å²) in [5.41, 5.74) is 2.81. The predicted molar refractivity (Wildman–Crippen MR) is 96.0 cm³/mol. The molecular weight excluding hydrogens is 328 g/mol. The van der Waals surface area contributed by atoms with Gasteiger partial charge in [0, 0.05) is 5.69 Å². The van der Waals surface area contributed by atoms with Crippen LogP contribution in [0.25, 0.3) is 0 Å². The zero-order valence-corrected chi connectivity index (χ0v) is 14.9. The molecule has 134 valence electrons. The second kappa shape index (κ2) is 5.29. The largest absolute Gasteiger partial charge is 0.324 e. The Morgan fingerprint density at radius 1 is 1.08 bits per heavy atom. The van der Waals surface area contributed by atoms with Crippen molar-refractivity contribution in [1.82, 2.24) is 4.90 Å². The number of hydrogen-bond donors (Lipinski definition) is 1. The molecule has 1 aromatic carbocycles. The van der Waals surface area contributed by atoms with Crippen LogP contribution in [-0.2, 0) is 14.4 Å². The molecule has 6 atom stereocenters. The molecule has 2 bridgehead atoms. The first-order valence-electron chi connectivity index (χ1n) is 9.37. The fourth-order valence-corrected chi connectivity index (χ4v) is 5.39. The molecule has 5 aliphatic rings. The zero-order valence-electron chi connectivity index (χ0n) is 14.9. The molecule has 1 N–H and O–H groups in total. The normalized spacial score (nSPS) is 36.2. The molecule has 1 aromatic rings. The van der Waals surface area contributed by atoms with Crippen LogP contribution in [0.3, 0.4) is 0 Å². The van der Waals surface area contributed by atoms with Crippen molar-refractivity contribution in [1.29, 1.82) is 0 Å². The summed E-state index contributed by atoms with van der Waals surface area (Å²) in [6.07, 6.45) is 5.43. The van der Waals surface area contributed by atoms with Gasteiger partial charge in [-0.3, -0.25) is 19.3 Å². The van der Waals surface area contributed by atoms with Crippen molar-refractivity contribution in [2.24, 2.45) is 35.5 Å². The van der Waals surface area contributed by atoms with Gasteiger partial charge in [-0.25, -0.2) is 0 Å². The van der Waals surface area contributed by atoms with Crippen LogP contribution >= 0.6 is 0 Å². The number of carbonyl (C=O) groups is 3. The number of carbonyl (C=O) groups excluding carboxylic acids is 3. The smallest absolute Gasteiger partial charge is 0.244 e. The van der Waals surface area contributed by atoms with E-state index in [0.29, 0.717) is 11.8 Å². The van der Waals surface area contributed by atoms with Crippen molar-refractivity contribution in [3.05, 3.63) is 41.5 Å². The molecule has 4 aliphatic carbocycles. The minimum Gasteiger partial charge on any atom is -0.324 e. The number of nitrogens with zero attached hydrogens (tertiary/aromatic N) is 1. The number of hydrogen-bond acceptors (Lipinski definition) is 3. The molecule has 5 nitrogen and oxygen atoms in total. The lowest BCUT2D eigenvalue weighted by atomic mass is 9.63. The number of rotatable bonds is 3. The van der Waals surface area contributed by atoms with E-state index in [4.69, 9.17) is 0 Å². The van der Waals surface area contributed by atoms with E-state index in [1.54, 1.807) is 0 Å². The van der Waals surface area contributed by atoms with Crippen LogP contribution in [0.2, 0.25) is 0 Å². The van der Waals surface area contributed by atoms with E-state index in [2.05, 4.69) is 17.5 Å². The van der Waals surface area contributed by atoms with E-state index in [1.165, 1.54) is 4.90 Å². The van der Waals surface area contributed by atoms with E-state index in [9.17, 15) is 14.4 Å². The minimum absolute atomic E-state index is 0.152. The van der Waals surface area contributed by atoms with Gasteiger partial charge in [0.15, 0.2) is 0 Å². The number of likely N-dealkylation sites (tertiary alicyclic amines) is 1. The van der Waals surface area contributed by atoms with E-state index >= 15 is 0 Å². The quantitative estimate of drug-likeness (QED) is 0.672. The predicted octanol–water partition coefficient (Wildman–Crippen LogP) is 2.30. The Bertz CT molecular complexity index is 838. The van der Waals surface area contributed by atoms with Crippen molar-refractivity contribution < 1.29 is 14.4 Å². The molecule has 5 heteroatoms. The monoisotopic (exact) mass is 350 g/mol. The third kappa shape index (κ3) is 2.06. The zero-order chi connectivity index (χ0) is 18.2. The summed E-state index contributed by atoms with van der Waals surface area (Å²) in [5.74, 6) is 0.436. The van der Waals surface area contributed by atoms with Gasteiger partial charge >= 0.3 is 0 Å². The van der Waals surface area contributed by atoms with Gasteiger partial charge in [0.05, 0.1) is 11.8 Å². The van der Waals surface area contributed by atoms with Gasteiger partial charge in [0.25, 0.3) is 0 Å². The standard InChI is InChI=1S/C21H22N2O3/c1-10-4-3-5-16(11(10)2)22-17(24)9-23-20(25)18-12-6-7-13(15-8-14(12)15)19(18)21(23)26/h3-7,12-15,18-19H,8-9H2,1-2H3,(H,22,24)/t12-,13-,14-,15-,18-,19+/m1/s1. The summed E-state index contributed by atoms with van der Waals surface area (Å²) in [4.78, 5) is 39.5. The number of anilines is 1. The molecule has 0 spiro atoms. The molecule has 0 unspecified atom stereocenters. The molecule has 3 fully saturated rings. The maximum Gasteiger partial charge on any atom is 0.244 e. The summed E-state index contributed by atoms with van der Waals surface area (Å²) >= 11 is 0. The van der Waals surface area contributed by atoms with Crippen molar-refractivity contribution in [3.63, 3.8) is 0 Å². The highest BCUT2D eigenvalue weighted by molar-refractivity contribution is 6.09. The van der Waals surface area contributed by atoms with Crippen molar-refractivity contribution >= 4 is 23.4 Å². The molecular formula is C21H22N2O3. The van der Waals surface area contributed by atoms with E-state index in [1.807, 2.05) is 32.0 Å². The molecule has 1 heterocycles. The fraction of sp³-hybridized carbons (Fsp3) is 0.476. The van der Waals surface area contributed by atoms with E-state index < -0.39 is 0 Å². The first kappa shape index (κ1) is 15.8. The number of aryl methyl sites for hydroxylation is 1. The number of allylic oxidation sites excluding steroid dienone is 2. The molecule has 0 radical (unpaired) electrons. The van der Waals surface area contributed by atoms with Crippen LogP contribution in [0.15, 0.2) is 30.4 Å². The fourth-order valence-electron chi connectivity index (χ4n) is 5.39. The Morgan fingerprint density at radius 3 is 2.31 bits per heavy atom. The third-order valence-corrected chi connectivity index (χ3v) is 6.93. The average Bonchev–Trinajstić information content (AvgIpc) is 3.40. The highest BCUT2D eigenvalue weighted by Crippen LogP contribution is 2.65. The number of benzene rings is 1. The highest BCUT2D eigenvalue weighted by atomic mass is 16.2. The molecule has 1 saturated heterocycles. The molecule has 3 amide bonds. The first-order chi connectivity index (χ1) is 12.5. The van der Waals surface area contributed by atoms with E-state index in [-0.39, 0.29) is 47.9 Å². The van der Waals surface area contributed by atoms with E-state index in [0.717, 1.165) is 23.2 Å². The van der Waals surface area contributed by atoms with Crippen molar-refractivity contribution in [2.45, 2.75) is 20.3 Å². The lowest BCUT2D eigenvalue weighted by Crippen LogP contribution is -2.40. The van der Waals surface area contributed by atoms with Crippen LogP contribution in [0.5, 0.6) is 0 Å². The van der Waals surface area contributed by atoms with Gasteiger partial charge in [-0.1, -0.05) is 24.3 Å². The minimum atomic E-state index is -0.315. The summed E-state index contributed by atoms with van der Waals surface area (Å²) in [5, 5.41) is 2.86. The van der Waals surface area contributed by atoms with Crippen LogP contribution in [0, 0.1) is 49.4 Å². The number of imide groups is 1. The molecule has 1 aliphatic heterocycles. The van der Waals surface area contributed by atoms with Crippen LogP contribution < -0.4 is 5.32 Å². The number of amides is 3. The highest BCUT2D eigenvalue weighted by Gasteiger charge is 2.67. The Balaban J connectivity index is 1.34. The average molecular weight is 350 g/mol. The van der Waals surface area contributed by atoms with Gasteiger partial charge in [0.2, 0.25) is 17.7 Å². The van der Waals surface area contributed by atoms with Crippen LogP contribution in [-0.4, -0.2) is 29.2 Å². The Kier molecular flexibility index (Phi) is 3.21. The van der Waals surface area contributed by atoms with Crippen LogP contribution in [0.1, 0.15) is 17.5 Å². The Hall–Kier alpha value is -2.43. The SMILES string of the molecule is Cc1cccc(NC(=O)CN2C(=O)[C@@H]3[C@@H]4C=C[C@H]([C@H]5C[C@H]45)[C@@H]3C2=O)c1C. The van der Waals surface area contributed by atoms with Gasteiger partial charge < -0.3 is 5.32 Å². The first-order valence-corrected chi connectivity index (χ1v) is 9.37. The summed E-state index contributed by atoms with van der Waals surface area (Å²) in [7, 11) is 0. The Morgan fingerprint density at radius 2 is 1.69 bits per heavy atom. The van der Waals surface area contributed by atoms with Crippen LogP contribution in [0.4, 0.5) is 5.69 Å². The van der Waals surface area contributed by atoms with Gasteiger partial charge in [-0.15, -0.1) is 0 Å². The summed E-state index contributed by atoms with van der Waals surface area (Å²) in [6.45, 7) is 3.74. The molecule has 2 saturated carbocycles. The molecule has 26 heavy (non-hydrogen) atoms. The van der Waals surface area contributed by atoms with Gasteiger partial charge in [-0.2, -0.15) is 0 Å². The molecule has 6 rings (SSSR count). The number of nitrogens with one attached hydrogen (secondary N) is 1. The lowest BCUT2D eigenvalue weighted by molar-refractivity contribution is -0.142. The van der Waals surface area contributed by atoms with Gasteiger partial charge in [0.1, 0.15) is 6.54 Å². The summed E-state index contributed by atoms with van der Waals surface area (Å²) in [6, 6.07) is 5.71. The molecule has 0 aromatic heterocycles. The second-order valence-corrected chi connectivity index (χ2v) is 8.21. The van der Waals surface area contributed by atoms with Gasteiger partial charge in [-0.05, 0) is 61.1 Å². The van der Waals surface area contributed by atoms with Crippen molar-refractivity contribution in [2.75, 3.05) is 11.9 Å². The third-order valence-electron chi connectivity index (χ3n) is 6.93. The Labute approximate surface area is 152 Å². The lowest BCUT2D eigenvalue weighted by Gasteiger charge is -2.37. The topological polar surface area (TPSA) is 66.5 Å². The van der Waals surface area contributed by atoms with Crippen molar-refractivity contribution in [3.8, 4) is 0 Å². The maximum absolute atomic E-state index is 12.9. The second-order valence-electron chi connectivity index (χ2n) is 8.21.